The third-order valence-electron chi connectivity index (χ3n) is 1.59. The van der Waals surface area contributed by atoms with Gasteiger partial charge in [-0.05, 0) is 24.6 Å². The molecule has 0 amide bonds. The molecule has 0 radical (unpaired) electrons. The second-order valence-corrected chi connectivity index (χ2v) is 3.93. The van der Waals surface area contributed by atoms with Gasteiger partial charge in [-0.2, -0.15) is 0 Å². The quantitative estimate of drug-likeness (QED) is 0.721. The zero-order chi connectivity index (χ0) is 8.81. The fourth-order valence-electron chi connectivity index (χ4n) is 0.741. The first-order valence-electron chi connectivity index (χ1n) is 4.06. The molecule has 2 N–H and O–H groups in total. The molecule has 0 spiro atoms. The standard InChI is InChI=1S/C9H14N2S/c1-8(6-10)7-12-9-2-4-11-5-3-9/h2-5,8H,6-7,10H2,1H3. The Kier molecular flexibility index (Phi) is 4.11. The maximum absolute atomic E-state index is 5.51. The van der Waals surface area contributed by atoms with Gasteiger partial charge in [0.1, 0.15) is 0 Å². The Balaban J connectivity index is 2.33. The minimum atomic E-state index is 0.586. The minimum Gasteiger partial charge on any atom is -0.330 e. The van der Waals surface area contributed by atoms with Crippen molar-refractivity contribution in [2.75, 3.05) is 12.3 Å². The van der Waals surface area contributed by atoms with Crippen molar-refractivity contribution >= 4 is 11.8 Å². The first-order chi connectivity index (χ1) is 5.83. The molecule has 0 aliphatic carbocycles. The van der Waals surface area contributed by atoms with Gasteiger partial charge in [-0.15, -0.1) is 11.8 Å². The van der Waals surface area contributed by atoms with Gasteiger partial charge >= 0.3 is 0 Å². The molecular weight excluding hydrogens is 168 g/mol. The second-order valence-electron chi connectivity index (χ2n) is 2.83. The van der Waals surface area contributed by atoms with E-state index in [0.717, 1.165) is 12.3 Å². The van der Waals surface area contributed by atoms with Crippen LogP contribution in [-0.2, 0) is 0 Å². The number of hydrogen-bond donors (Lipinski definition) is 1. The Labute approximate surface area is 77.6 Å². The fraction of sp³-hybridized carbons (Fsp3) is 0.444. The van der Waals surface area contributed by atoms with E-state index in [1.807, 2.05) is 36.3 Å². The summed E-state index contributed by atoms with van der Waals surface area (Å²) in [6.07, 6.45) is 3.63. The van der Waals surface area contributed by atoms with Crippen LogP contribution in [0.2, 0.25) is 0 Å². The number of pyridine rings is 1. The highest BCUT2D eigenvalue weighted by Crippen LogP contribution is 2.18. The molecular formula is C9H14N2S. The molecule has 1 aromatic heterocycles. The average molecular weight is 182 g/mol. The minimum absolute atomic E-state index is 0.586. The molecule has 0 fully saturated rings. The Morgan fingerprint density at radius 3 is 2.75 bits per heavy atom. The predicted octanol–water partition coefficient (Wildman–Crippen LogP) is 1.77. The largest absolute Gasteiger partial charge is 0.330 e. The lowest BCUT2D eigenvalue weighted by Crippen LogP contribution is -2.12. The van der Waals surface area contributed by atoms with Gasteiger partial charge in [-0.1, -0.05) is 6.92 Å². The van der Waals surface area contributed by atoms with Crippen molar-refractivity contribution in [3.05, 3.63) is 24.5 Å². The molecule has 0 aliphatic rings. The lowest BCUT2D eigenvalue weighted by atomic mass is 10.2. The molecule has 0 saturated heterocycles. The monoisotopic (exact) mass is 182 g/mol. The number of nitrogens with zero attached hydrogens (tertiary/aromatic N) is 1. The van der Waals surface area contributed by atoms with Gasteiger partial charge in [-0.3, -0.25) is 4.98 Å². The fourth-order valence-corrected chi connectivity index (χ4v) is 1.67. The SMILES string of the molecule is CC(CN)CSc1ccncc1. The van der Waals surface area contributed by atoms with Gasteiger partial charge in [0.25, 0.3) is 0 Å². The van der Waals surface area contributed by atoms with Gasteiger partial charge in [0.2, 0.25) is 0 Å². The maximum Gasteiger partial charge on any atom is 0.0278 e. The summed E-state index contributed by atoms with van der Waals surface area (Å²) in [7, 11) is 0. The van der Waals surface area contributed by atoms with Crippen molar-refractivity contribution in [1.29, 1.82) is 0 Å². The van der Waals surface area contributed by atoms with Crippen LogP contribution in [0.5, 0.6) is 0 Å². The molecule has 0 saturated carbocycles. The van der Waals surface area contributed by atoms with E-state index in [2.05, 4.69) is 11.9 Å². The van der Waals surface area contributed by atoms with Crippen LogP contribution < -0.4 is 5.73 Å². The molecule has 1 rings (SSSR count). The topological polar surface area (TPSA) is 38.9 Å². The van der Waals surface area contributed by atoms with Crippen LogP contribution >= 0.6 is 11.8 Å². The van der Waals surface area contributed by atoms with Crippen molar-refractivity contribution in [3.8, 4) is 0 Å². The van der Waals surface area contributed by atoms with E-state index in [9.17, 15) is 0 Å². The molecule has 1 heterocycles. The highest BCUT2D eigenvalue weighted by Gasteiger charge is 1.99. The summed E-state index contributed by atoms with van der Waals surface area (Å²) >= 11 is 1.83. The third-order valence-corrected chi connectivity index (χ3v) is 2.93. The highest BCUT2D eigenvalue weighted by atomic mass is 32.2. The first kappa shape index (κ1) is 9.55. The lowest BCUT2D eigenvalue weighted by Gasteiger charge is -2.06. The van der Waals surface area contributed by atoms with Gasteiger partial charge in [0, 0.05) is 23.0 Å². The Bertz CT molecular complexity index is 213. The maximum atomic E-state index is 5.51. The number of rotatable bonds is 4. The van der Waals surface area contributed by atoms with Crippen LogP contribution in [0.25, 0.3) is 0 Å². The molecule has 1 unspecified atom stereocenters. The number of hydrogen-bond acceptors (Lipinski definition) is 3. The summed E-state index contributed by atoms with van der Waals surface area (Å²) in [5.74, 6) is 1.67. The van der Waals surface area contributed by atoms with Gasteiger partial charge in [-0.25, -0.2) is 0 Å². The van der Waals surface area contributed by atoms with E-state index >= 15 is 0 Å². The van der Waals surface area contributed by atoms with Gasteiger partial charge < -0.3 is 5.73 Å². The molecule has 1 aromatic rings. The normalized spacial score (nSPS) is 12.8. The van der Waals surface area contributed by atoms with Crippen molar-refractivity contribution in [1.82, 2.24) is 4.98 Å². The summed E-state index contributed by atoms with van der Waals surface area (Å²) < 4.78 is 0. The molecule has 0 aromatic carbocycles. The van der Waals surface area contributed by atoms with Crippen LogP contribution in [0.3, 0.4) is 0 Å². The molecule has 0 aliphatic heterocycles. The van der Waals surface area contributed by atoms with Gasteiger partial charge in [0.15, 0.2) is 0 Å². The van der Waals surface area contributed by atoms with Crippen molar-refractivity contribution < 1.29 is 0 Å². The first-order valence-corrected chi connectivity index (χ1v) is 5.04. The average Bonchev–Trinajstić information content (AvgIpc) is 2.16. The van der Waals surface area contributed by atoms with E-state index in [1.54, 1.807) is 0 Å². The van der Waals surface area contributed by atoms with Crippen LogP contribution in [0.1, 0.15) is 6.92 Å². The van der Waals surface area contributed by atoms with Crippen molar-refractivity contribution in [2.24, 2.45) is 11.7 Å². The number of thioether (sulfide) groups is 1. The molecule has 12 heavy (non-hydrogen) atoms. The van der Waals surface area contributed by atoms with E-state index in [1.165, 1.54) is 4.90 Å². The Morgan fingerprint density at radius 2 is 2.17 bits per heavy atom. The molecule has 0 bridgehead atoms. The molecule has 3 heteroatoms. The smallest absolute Gasteiger partial charge is 0.0278 e. The summed E-state index contributed by atoms with van der Waals surface area (Å²) in [4.78, 5) is 5.22. The third kappa shape index (κ3) is 3.24. The number of nitrogens with two attached hydrogens (primary N) is 1. The van der Waals surface area contributed by atoms with E-state index in [4.69, 9.17) is 5.73 Å². The van der Waals surface area contributed by atoms with Crippen LogP contribution in [0.15, 0.2) is 29.4 Å². The second kappa shape index (κ2) is 5.17. The van der Waals surface area contributed by atoms with E-state index in [-0.39, 0.29) is 0 Å². The lowest BCUT2D eigenvalue weighted by molar-refractivity contribution is 0.675. The Hall–Kier alpha value is -0.540. The van der Waals surface area contributed by atoms with Crippen LogP contribution in [0, 0.1) is 5.92 Å². The zero-order valence-corrected chi connectivity index (χ0v) is 8.05. The summed E-state index contributed by atoms with van der Waals surface area (Å²) in [6, 6.07) is 4.04. The summed E-state index contributed by atoms with van der Waals surface area (Å²) in [5, 5.41) is 0. The Morgan fingerprint density at radius 1 is 1.50 bits per heavy atom. The van der Waals surface area contributed by atoms with Crippen LogP contribution in [-0.4, -0.2) is 17.3 Å². The van der Waals surface area contributed by atoms with Crippen molar-refractivity contribution in [3.63, 3.8) is 0 Å². The highest BCUT2D eigenvalue weighted by molar-refractivity contribution is 7.99. The molecule has 66 valence electrons. The summed E-state index contributed by atoms with van der Waals surface area (Å²) in [6.45, 7) is 2.92. The van der Waals surface area contributed by atoms with E-state index in [0.29, 0.717) is 5.92 Å². The number of aromatic nitrogens is 1. The van der Waals surface area contributed by atoms with Crippen LogP contribution in [0.4, 0.5) is 0 Å². The van der Waals surface area contributed by atoms with Gasteiger partial charge in [0.05, 0.1) is 0 Å². The molecule has 2 nitrogen and oxygen atoms in total. The summed E-state index contributed by atoms with van der Waals surface area (Å²) in [5.41, 5.74) is 5.51. The zero-order valence-electron chi connectivity index (χ0n) is 7.23. The predicted molar refractivity (Wildman–Crippen MR) is 53.2 cm³/mol. The van der Waals surface area contributed by atoms with Crippen molar-refractivity contribution in [2.45, 2.75) is 11.8 Å². The van der Waals surface area contributed by atoms with E-state index < -0.39 is 0 Å². The molecule has 1 atom stereocenters.